The number of nitriles is 1. The molecular weight excluding hydrogens is 246 g/mol. The fraction of sp³-hybridized carbons (Fsp3) is 0.308. The van der Waals surface area contributed by atoms with E-state index >= 15 is 0 Å². The number of methoxy groups -OCH3 is 1. The summed E-state index contributed by atoms with van der Waals surface area (Å²) in [5.74, 6) is -0.854. The average molecular weight is 261 g/mol. The smallest absolute Gasteiger partial charge is 0.322 e. The Morgan fingerprint density at radius 3 is 2.79 bits per heavy atom. The van der Waals surface area contributed by atoms with Gasteiger partial charge in [-0.25, -0.2) is 0 Å². The molecule has 0 aliphatic heterocycles. The molecule has 1 atom stereocenters. The van der Waals surface area contributed by atoms with Gasteiger partial charge in [0.25, 0.3) is 0 Å². The topological polar surface area (TPSA) is 105 Å². The Bertz CT molecular complexity index is 508. The standard InChI is InChI=1S/C13H15N3O3/c1-19-13(18)10(15)6-7-12(17)16-11-5-3-2-4-9(11)8-14/h2-5,10H,6-7,15H2,1H3,(H,16,17)/t10-/m0/s1. The van der Waals surface area contributed by atoms with Crippen LogP contribution in [0.4, 0.5) is 5.69 Å². The molecule has 1 aromatic carbocycles. The Labute approximate surface area is 111 Å². The number of anilines is 1. The average Bonchev–Trinajstić information content (AvgIpc) is 2.44. The largest absolute Gasteiger partial charge is 0.468 e. The van der Waals surface area contributed by atoms with Gasteiger partial charge >= 0.3 is 5.97 Å². The van der Waals surface area contributed by atoms with Gasteiger partial charge < -0.3 is 15.8 Å². The Morgan fingerprint density at radius 1 is 1.47 bits per heavy atom. The van der Waals surface area contributed by atoms with E-state index in [1.807, 2.05) is 6.07 Å². The predicted octanol–water partition coefficient (Wildman–Crippen LogP) is 0.777. The van der Waals surface area contributed by atoms with E-state index < -0.39 is 12.0 Å². The molecule has 0 unspecified atom stereocenters. The zero-order valence-corrected chi connectivity index (χ0v) is 10.6. The van der Waals surface area contributed by atoms with Gasteiger partial charge in [-0.3, -0.25) is 9.59 Å². The summed E-state index contributed by atoms with van der Waals surface area (Å²) in [6.45, 7) is 0. The van der Waals surface area contributed by atoms with Gasteiger partial charge in [-0.1, -0.05) is 12.1 Å². The van der Waals surface area contributed by atoms with Crippen LogP contribution in [0.1, 0.15) is 18.4 Å². The number of hydrogen-bond donors (Lipinski definition) is 2. The van der Waals surface area contributed by atoms with Gasteiger partial charge in [-0.15, -0.1) is 0 Å². The van der Waals surface area contributed by atoms with Gasteiger partial charge in [0, 0.05) is 6.42 Å². The number of esters is 1. The second kappa shape index (κ2) is 7.13. The van der Waals surface area contributed by atoms with Gasteiger partial charge in [0.2, 0.25) is 5.91 Å². The van der Waals surface area contributed by atoms with Crippen LogP contribution in [0.2, 0.25) is 0 Å². The highest BCUT2D eigenvalue weighted by molar-refractivity contribution is 5.92. The number of rotatable bonds is 5. The van der Waals surface area contributed by atoms with E-state index in [2.05, 4.69) is 10.1 Å². The Kier molecular flexibility index (Phi) is 5.51. The zero-order valence-electron chi connectivity index (χ0n) is 10.6. The summed E-state index contributed by atoms with van der Waals surface area (Å²) in [5, 5.41) is 11.5. The van der Waals surface area contributed by atoms with Crippen molar-refractivity contribution in [1.82, 2.24) is 0 Å². The van der Waals surface area contributed by atoms with E-state index in [9.17, 15) is 9.59 Å². The fourth-order valence-corrected chi connectivity index (χ4v) is 1.46. The van der Waals surface area contributed by atoms with Crippen LogP contribution in [0.15, 0.2) is 24.3 Å². The van der Waals surface area contributed by atoms with Crippen LogP contribution in [0, 0.1) is 11.3 Å². The number of ether oxygens (including phenoxy) is 1. The third-order valence-electron chi connectivity index (χ3n) is 2.51. The van der Waals surface area contributed by atoms with Crippen molar-refractivity contribution in [3.63, 3.8) is 0 Å². The van der Waals surface area contributed by atoms with Crippen molar-refractivity contribution in [3.8, 4) is 6.07 Å². The van der Waals surface area contributed by atoms with E-state index in [-0.39, 0.29) is 18.7 Å². The number of benzene rings is 1. The number of amides is 1. The summed E-state index contributed by atoms with van der Waals surface area (Å²) < 4.78 is 4.46. The van der Waals surface area contributed by atoms with E-state index in [0.29, 0.717) is 11.3 Å². The molecule has 0 heterocycles. The van der Waals surface area contributed by atoms with Crippen LogP contribution in [0.25, 0.3) is 0 Å². The lowest BCUT2D eigenvalue weighted by molar-refractivity contribution is -0.142. The van der Waals surface area contributed by atoms with Crippen molar-refractivity contribution in [2.75, 3.05) is 12.4 Å². The summed E-state index contributed by atoms with van der Waals surface area (Å²) >= 11 is 0. The third-order valence-corrected chi connectivity index (χ3v) is 2.51. The maximum absolute atomic E-state index is 11.7. The number of carbonyl (C=O) groups excluding carboxylic acids is 2. The molecule has 0 bridgehead atoms. The molecule has 100 valence electrons. The minimum Gasteiger partial charge on any atom is -0.468 e. The lowest BCUT2D eigenvalue weighted by atomic mass is 10.1. The highest BCUT2D eigenvalue weighted by atomic mass is 16.5. The number of nitrogens with zero attached hydrogens (tertiary/aromatic N) is 1. The molecule has 1 rings (SSSR count). The quantitative estimate of drug-likeness (QED) is 0.762. The SMILES string of the molecule is COC(=O)[C@@H](N)CCC(=O)Nc1ccccc1C#N. The number of nitrogens with two attached hydrogens (primary N) is 1. The van der Waals surface area contributed by atoms with Crippen LogP contribution in [-0.4, -0.2) is 25.0 Å². The molecule has 0 radical (unpaired) electrons. The monoisotopic (exact) mass is 261 g/mol. The van der Waals surface area contributed by atoms with Crippen molar-refractivity contribution in [2.45, 2.75) is 18.9 Å². The first-order valence-corrected chi connectivity index (χ1v) is 5.71. The minimum absolute atomic E-state index is 0.0794. The minimum atomic E-state index is -0.818. The molecule has 3 N–H and O–H groups in total. The molecule has 0 aliphatic carbocycles. The summed E-state index contributed by atoms with van der Waals surface area (Å²) in [6.07, 6.45) is 0.267. The maximum Gasteiger partial charge on any atom is 0.322 e. The second-order valence-electron chi connectivity index (χ2n) is 3.87. The lowest BCUT2D eigenvalue weighted by Crippen LogP contribution is -2.32. The Hall–Kier alpha value is -2.39. The molecular formula is C13H15N3O3. The van der Waals surface area contributed by atoms with E-state index in [1.54, 1.807) is 24.3 Å². The molecule has 0 saturated heterocycles. The number of carbonyl (C=O) groups is 2. The molecule has 6 nitrogen and oxygen atoms in total. The molecule has 6 heteroatoms. The lowest BCUT2D eigenvalue weighted by Gasteiger charge is -2.10. The summed E-state index contributed by atoms with van der Waals surface area (Å²) in [6, 6.07) is 7.83. The molecule has 0 fully saturated rings. The number of nitrogens with one attached hydrogen (secondary N) is 1. The summed E-state index contributed by atoms with van der Waals surface area (Å²) in [4.78, 5) is 22.7. The molecule has 0 saturated carbocycles. The van der Waals surface area contributed by atoms with Gasteiger partial charge in [-0.05, 0) is 18.6 Å². The van der Waals surface area contributed by atoms with Crippen molar-refractivity contribution >= 4 is 17.6 Å². The van der Waals surface area contributed by atoms with Crippen LogP contribution in [-0.2, 0) is 14.3 Å². The number of hydrogen-bond acceptors (Lipinski definition) is 5. The van der Waals surface area contributed by atoms with Crippen molar-refractivity contribution in [1.29, 1.82) is 5.26 Å². The third kappa shape index (κ3) is 4.41. The fourth-order valence-electron chi connectivity index (χ4n) is 1.46. The van der Waals surface area contributed by atoms with Gasteiger partial charge in [-0.2, -0.15) is 5.26 Å². The number of para-hydroxylation sites is 1. The zero-order chi connectivity index (χ0) is 14.3. The van der Waals surface area contributed by atoms with Gasteiger partial charge in [0.15, 0.2) is 0 Å². The van der Waals surface area contributed by atoms with Crippen molar-refractivity contribution in [2.24, 2.45) is 5.73 Å². The normalized spacial score (nSPS) is 11.2. The van der Waals surface area contributed by atoms with Crippen LogP contribution in [0.5, 0.6) is 0 Å². The molecule has 0 spiro atoms. The Morgan fingerprint density at radius 2 is 2.16 bits per heavy atom. The van der Waals surface area contributed by atoms with Crippen LogP contribution < -0.4 is 11.1 Å². The maximum atomic E-state index is 11.7. The molecule has 1 amide bonds. The van der Waals surface area contributed by atoms with Crippen LogP contribution in [0.3, 0.4) is 0 Å². The van der Waals surface area contributed by atoms with E-state index in [0.717, 1.165) is 0 Å². The van der Waals surface area contributed by atoms with Gasteiger partial charge in [0.05, 0.1) is 18.4 Å². The summed E-state index contributed by atoms with van der Waals surface area (Å²) in [7, 11) is 1.24. The Balaban J connectivity index is 2.52. The summed E-state index contributed by atoms with van der Waals surface area (Å²) in [5.41, 5.74) is 6.35. The first-order valence-electron chi connectivity index (χ1n) is 5.71. The molecule has 1 aromatic rings. The van der Waals surface area contributed by atoms with Crippen molar-refractivity contribution < 1.29 is 14.3 Å². The van der Waals surface area contributed by atoms with E-state index in [1.165, 1.54) is 7.11 Å². The predicted molar refractivity (Wildman–Crippen MR) is 69.0 cm³/mol. The highest BCUT2D eigenvalue weighted by Crippen LogP contribution is 2.14. The van der Waals surface area contributed by atoms with Crippen LogP contribution >= 0.6 is 0 Å². The second-order valence-corrected chi connectivity index (χ2v) is 3.87. The highest BCUT2D eigenvalue weighted by Gasteiger charge is 2.15. The molecule has 0 aliphatic rings. The molecule has 0 aromatic heterocycles. The van der Waals surface area contributed by atoms with E-state index in [4.69, 9.17) is 11.0 Å². The van der Waals surface area contributed by atoms with Crippen molar-refractivity contribution in [3.05, 3.63) is 29.8 Å². The first-order chi connectivity index (χ1) is 9.08. The first kappa shape index (κ1) is 14.7. The molecule has 19 heavy (non-hydrogen) atoms. The van der Waals surface area contributed by atoms with Gasteiger partial charge in [0.1, 0.15) is 12.1 Å².